The van der Waals surface area contributed by atoms with Gasteiger partial charge in [-0.1, -0.05) is 28.1 Å². The Morgan fingerprint density at radius 2 is 1.88 bits per heavy atom. The predicted octanol–water partition coefficient (Wildman–Crippen LogP) is 3.59. The molecule has 0 atom stereocenters. The second-order valence-electron chi connectivity index (χ2n) is 4.44. The number of rotatable bonds is 4. The van der Waals surface area contributed by atoms with Crippen molar-refractivity contribution >= 4 is 21.6 Å². The van der Waals surface area contributed by atoms with Crippen molar-refractivity contribution in [1.82, 2.24) is 0 Å². The van der Waals surface area contributed by atoms with Crippen LogP contribution in [0.1, 0.15) is 25.3 Å². The Morgan fingerprint density at radius 1 is 1.24 bits per heavy atom. The van der Waals surface area contributed by atoms with Crippen molar-refractivity contribution < 1.29 is 4.74 Å². The molecule has 0 spiro atoms. The molecule has 0 bridgehead atoms. The van der Waals surface area contributed by atoms with Gasteiger partial charge in [0.2, 0.25) is 0 Å². The van der Waals surface area contributed by atoms with Crippen LogP contribution in [0.2, 0.25) is 0 Å². The molecular formula is C14H20BrNO. The van der Waals surface area contributed by atoms with Crippen molar-refractivity contribution in [1.29, 1.82) is 0 Å². The molecular weight excluding hydrogens is 278 g/mol. The summed E-state index contributed by atoms with van der Waals surface area (Å²) in [5.41, 5.74) is 2.67. The molecule has 1 aliphatic heterocycles. The number of benzene rings is 1. The highest BCUT2D eigenvalue weighted by molar-refractivity contribution is 9.08. The molecule has 0 N–H and O–H groups in total. The second-order valence-corrected chi connectivity index (χ2v) is 5.00. The minimum atomic E-state index is 0.470. The summed E-state index contributed by atoms with van der Waals surface area (Å²) in [6.07, 6.45) is 2.76. The number of piperidine rings is 1. The van der Waals surface area contributed by atoms with Crippen LogP contribution in [0.25, 0.3) is 0 Å². The quantitative estimate of drug-likeness (QED) is 0.788. The van der Waals surface area contributed by atoms with Crippen molar-refractivity contribution in [3.8, 4) is 0 Å². The van der Waals surface area contributed by atoms with E-state index < -0.39 is 0 Å². The molecule has 0 amide bonds. The average Bonchev–Trinajstić information content (AvgIpc) is 2.40. The van der Waals surface area contributed by atoms with Crippen LogP contribution >= 0.6 is 15.9 Å². The van der Waals surface area contributed by atoms with E-state index in [1.54, 1.807) is 0 Å². The molecule has 1 fully saturated rings. The van der Waals surface area contributed by atoms with Crippen LogP contribution in [-0.4, -0.2) is 25.8 Å². The Balaban J connectivity index is 1.91. The van der Waals surface area contributed by atoms with Gasteiger partial charge in [-0.3, -0.25) is 0 Å². The van der Waals surface area contributed by atoms with Crippen molar-refractivity contribution in [3.63, 3.8) is 0 Å². The molecule has 1 aromatic rings. The zero-order valence-electron chi connectivity index (χ0n) is 10.4. The number of halogens is 1. The molecule has 1 aromatic carbocycles. The average molecular weight is 298 g/mol. The number of hydrogen-bond acceptors (Lipinski definition) is 2. The van der Waals surface area contributed by atoms with Gasteiger partial charge in [-0.2, -0.15) is 0 Å². The summed E-state index contributed by atoms with van der Waals surface area (Å²) in [6.45, 7) is 5.13. The molecule has 1 heterocycles. The normalized spacial score (nSPS) is 17.4. The summed E-state index contributed by atoms with van der Waals surface area (Å²) < 4.78 is 5.67. The Hall–Kier alpha value is -0.540. The van der Waals surface area contributed by atoms with Crippen molar-refractivity contribution in [2.75, 3.05) is 24.6 Å². The van der Waals surface area contributed by atoms with E-state index in [1.807, 2.05) is 0 Å². The smallest absolute Gasteiger partial charge is 0.0608 e. The van der Waals surface area contributed by atoms with E-state index in [0.29, 0.717) is 6.10 Å². The molecule has 0 aliphatic carbocycles. The predicted molar refractivity (Wildman–Crippen MR) is 75.9 cm³/mol. The Bertz CT molecular complexity index is 331. The van der Waals surface area contributed by atoms with Gasteiger partial charge < -0.3 is 9.64 Å². The molecule has 3 heteroatoms. The van der Waals surface area contributed by atoms with Gasteiger partial charge in [-0.25, -0.2) is 0 Å². The van der Waals surface area contributed by atoms with Gasteiger partial charge in [0.1, 0.15) is 0 Å². The summed E-state index contributed by atoms with van der Waals surface area (Å²) in [6, 6.07) is 8.83. The van der Waals surface area contributed by atoms with Crippen molar-refractivity contribution in [2.45, 2.75) is 31.2 Å². The summed E-state index contributed by atoms with van der Waals surface area (Å²) in [7, 11) is 0. The number of alkyl halides is 1. The van der Waals surface area contributed by atoms with E-state index in [9.17, 15) is 0 Å². The van der Waals surface area contributed by atoms with Gasteiger partial charge in [0, 0.05) is 30.7 Å². The fourth-order valence-corrected chi connectivity index (χ4v) is 2.69. The third kappa shape index (κ3) is 3.46. The van der Waals surface area contributed by atoms with E-state index in [2.05, 4.69) is 52.0 Å². The first kappa shape index (κ1) is 12.9. The third-order valence-electron chi connectivity index (χ3n) is 3.30. The van der Waals surface area contributed by atoms with Crippen LogP contribution in [0.5, 0.6) is 0 Å². The topological polar surface area (TPSA) is 12.5 Å². The van der Waals surface area contributed by atoms with E-state index in [1.165, 1.54) is 11.3 Å². The lowest BCUT2D eigenvalue weighted by atomic mass is 10.1. The van der Waals surface area contributed by atoms with Crippen LogP contribution in [0.3, 0.4) is 0 Å². The maximum absolute atomic E-state index is 5.67. The molecule has 1 aliphatic rings. The number of hydrogen-bond donors (Lipinski definition) is 0. The van der Waals surface area contributed by atoms with Crippen LogP contribution in [0, 0.1) is 0 Å². The minimum absolute atomic E-state index is 0.470. The molecule has 94 valence electrons. The van der Waals surface area contributed by atoms with Crippen LogP contribution < -0.4 is 4.90 Å². The molecule has 1 saturated heterocycles. The minimum Gasteiger partial charge on any atom is -0.378 e. The van der Waals surface area contributed by atoms with E-state index >= 15 is 0 Å². The Kier molecular flexibility index (Phi) is 4.86. The maximum atomic E-state index is 5.67. The highest BCUT2D eigenvalue weighted by atomic mass is 79.9. The lowest BCUT2D eigenvalue weighted by Crippen LogP contribution is -2.37. The second kappa shape index (κ2) is 6.41. The highest BCUT2D eigenvalue weighted by Gasteiger charge is 2.19. The summed E-state index contributed by atoms with van der Waals surface area (Å²) >= 11 is 3.47. The fraction of sp³-hybridized carbons (Fsp3) is 0.571. The monoisotopic (exact) mass is 297 g/mol. The van der Waals surface area contributed by atoms with E-state index in [4.69, 9.17) is 4.74 Å². The first-order valence-corrected chi connectivity index (χ1v) is 7.47. The van der Waals surface area contributed by atoms with Crippen LogP contribution in [-0.2, 0) is 10.1 Å². The number of anilines is 1. The highest BCUT2D eigenvalue weighted by Crippen LogP contribution is 2.22. The van der Waals surface area contributed by atoms with Crippen LogP contribution in [0.4, 0.5) is 5.69 Å². The lowest BCUT2D eigenvalue weighted by Gasteiger charge is -2.33. The van der Waals surface area contributed by atoms with Gasteiger partial charge in [0.05, 0.1) is 6.10 Å². The molecule has 2 nitrogen and oxygen atoms in total. The first-order valence-electron chi connectivity index (χ1n) is 6.35. The number of nitrogens with zero attached hydrogens (tertiary/aromatic N) is 1. The molecule has 2 rings (SSSR count). The van der Waals surface area contributed by atoms with E-state index in [0.717, 1.165) is 37.9 Å². The van der Waals surface area contributed by atoms with Gasteiger partial charge in [-0.05, 0) is 37.5 Å². The van der Waals surface area contributed by atoms with E-state index in [-0.39, 0.29) is 0 Å². The van der Waals surface area contributed by atoms with Crippen molar-refractivity contribution in [3.05, 3.63) is 29.8 Å². The first-order chi connectivity index (χ1) is 8.33. The summed E-state index contributed by atoms with van der Waals surface area (Å²) in [5, 5.41) is 0.930. The lowest BCUT2D eigenvalue weighted by molar-refractivity contribution is 0.0459. The van der Waals surface area contributed by atoms with Crippen molar-refractivity contribution in [2.24, 2.45) is 0 Å². The maximum Gasteiger partial charge on any atom is 0.0608 e. The Morgan fingerprint density at radius 3 is 2.41 bits per heavy atom. The molecule has 0 radical (unpaired) electrons. The molecule has 17 heavy (non-hydrogen) atoms. The SMILES string of the molecule is CCOC1CCN(c2ccc(CBr)cc2)CC1. The number of ether oxygens (including phenoxy) is 1. The van der Waals surface area contributed by atoms with Gasteiger partial charge in [0.15, 0.2) is 0 Å². The van der Waals surface area contributed by atoms with Crippen LogP contribution in [0.15, 0.2) is 24.3 Å². The Labute approximate surface area is 112 Å². The van der Waals surface area contributed by atoms with Gasteiger partial charge in [0.25, 0.3) is 0 Å². The van der Waals surface area contributed by atoms with Gasteiger partial charge >= 0.3 is 0 Å². The largest absolute Gasteiger partial charge is 0.378 e. The molecule has 0 unspecified atom stereocenters. The molecule has 0 saturated carbocycles. The van der Waals surface area contributed by atoms with Gasteiger partial charge in [-0.15, -0.1) is 0 Å². The third-order valence-corrected chi connectivity index (χ3v) is 3.95. The fourth-order valence-electron chi connectivity index (χ4n) is 2.31. The zero-order valence-corrected chi connectivity index (χ0v) is 11.9. The zero-order chi connectivity index (χ0) is 12.1. The molecule has 0 aromatic heterocycles. The standard InChI is InChI=1S/C14H20BrNO/c1-2-17-14-7-9-16(10-8-14)13-5-3-12(11-15)4-6-13/h3-6,14H,2,7-11H2,1H3. The summed E-state index contributed by atoms with van der Waals surface area (Å²) in [4.78, 5) is 2.45. The summed E-state index contributed by atoms with van der Waals surface area (Å²) in [5.74, 6) is 0.